The Morgan fingerprint density at radius 1 is 1.10 bits per heavy atom. The van der Waals surface area contributed by atoms with Crippen molar-refractivity contribution in [1.82, 2.24) is 10.1 Å². The Balaban J connectivity index is 1.44. The average Bonchev–Trinajstić information content (AvgIpc) is 3.37. The number of hydrogen-bond acceptors (Lipinski definition) is 4. The highest BCUT2D eigenvalue weighted by atomic mass is 19.1. The van der Waals surface area contributed by atoms with Gasteiger partial charge in [-0.1, -0.05) is 17.3 Å². The van der Waals surface area contributed by atoms with Crippen molar-refractivity contribution >= 4 is 5.91 Å². The number of amides is 1. The summed E-state index contributed by atoms with van der Waals surface area (Å²) in [6.07, 6.45) is 1.60. The van der Waals surface area contributed by atoms with Crippen LogP contribution < -0.4 is 4.74 Å². The molecule has 1 aliphatic rings. The van der Waals surface area contributed by atoms with Crippen molar-refractivity contribution < 1.29 is 27.2 Å². The summed E-state index contributed by atoms with van der Waals surface area (Å²) in [4.78, 5) is 14.5. The van der Waals surface area contributed by atoms with Gasteiger partial charge < -0.3 is 14.2 Å². The Kier molecular flexibility index (Phi) is 5.24. The molecule has 1 fully saturated rings. The molecule has 0 saturated carbocycles. The molecule has 1 atom stereocenters. The molecular weight excluding hydrogens is 385 g/mol. The summed E-state index contributed by atoms with van der Waals surface area (Å²) in [5, 5.41) is 3.79. The number of likely N-dealkylation sites (tertiary alicyclic amines) is 1. The molecule has 2 aromatic carbocycles. The third kappa shape index (κ3) is 4.11. The fraction of sp³-hybridized carbons (Fsp3) is 0.238. The van der Waals surface area contributed by atoms with Gasteiger partial charge in [-0.25, -0.2) is 13.2 Å². The molecule has 2 heterocycles. The lowest BCUT2D eigenvalue weighted by Gasteiger charge is -2.24. The number of aromatic nitrogens is 1. The maximum atomic E-state index is 13.6. The van der Waals surface area contributed by atoms with E-state index in [0.29, 0.717) is 12.6 Å². The quantitative estimate of drug-likeness (QED) is 0.624. The van der Waals surface area contributed by atoms with Gasteiger partial charge in [-0.05, 0) is 42.7 Å². The topological polar surface area (TPSA) is 55.6 Å². The lowest BCUT2D eigenvalue weighted by molar-refractivity contribution is 0.0725. The molecule has 4 rings (SSSR count). The van der Waals surface area contributed by atoms with Crippen LogP contribution in [0.15, 0.2) is 53.1 Å². The molecule has 0 aliphatic carbocycles. The molecule has 150 valence electrons. The van der Waals surface area contributed by atoms with Gasteiger partial charge in [0.2, 0.25) is 0 Å². The summed E-state index contributed by atoms with van der Waals surface area (Å²) >= 11 is 0. The zero-order valence-corrected chi connectivity index (χ0v) is 15.3. The molecule has 1 amide bonds. The Hall–Kier alpha value is -3.29. The highest BCUT2D eigenvalue weighted by Gasteiger charge is 2.32. The molecule has 1 saturated heterocycles. The molecule has 5 nitrogen and oxygen atoms in total. The number of halogens is 3. The zero-order valence-electron chi connectivity index (χ0n) is 15.3. The predicted octanol–water partition coefficient (Wildman–Crippen LogP) is 4.65. The second kappa shape index (κ2) is 7.98. The van der Waals surface area contributed by atoms with Crippen molar-refractivity contribution in [3.8, 4) is 5.75 Å². The van der Waals surface area contributed by atoms with Crippen molar-refractivity contribution in [3.63, 3.8) is 0 Å². The first kappa shape index (κ1) is 19.0. The summed E-state index contributed by atoms with van der Waals surface area (Å²) < 4.78 is 50.1. The van der Waals surface area contributed by atoms with E-state index in [4.69, 9.17) is 9.26 Å². The molecule has 0 spiro atoms. The summed E-state index contributed by atoms with van der Waals surface area (Å²) in [5.41, 5.74) is 0.966. The first-order chi connectivity index (χ1) is 14.0. The minimum absolute atomic E-state index is 0.109. The number of benzene rings is 2. The van der Waals surface area contributed by atoms with E-state index in [1.165, 1.54) is 24.3 Å². The highest BCUT2D eigenvalue weighted by molar-refractivity contribution is 5.92. The van der Waals surface area contributed by atoms with Crippen molar-refractivity contribution in [2.75, 3.05) is 6.54 Å². The Labute approximate surface area is 164 Å². The molecule has 1 aromatic heterocycles. The number of rotatable bonds is 5. The number of carbonyl (C=O) groups excluding carboxylic acids is 1. The number of ether oxygens (including phenoxy) is 1. The summed E-state index contributed by atoms with van der Waals surface area (Å²) in [5.74, 6) is -2.08. The van der Waals surface area contributed by atoms with E-state index in [-0.39, 0.29) is 41.6 Å². The molecule has 1 aliphatic heterocycles. The Morgan fingerprint density at radius 3 is 2.62 bits per heavy atom. The lowest BCUT2D eigenvalue weighted by atomic mass is 10.0. The second-order valence-electron chi connectivity index (χ2n) is 6.75. The van der Waals surface area contributed by atoms with E-state index in [1.807, 2.05) is 0 Å². The van der Waals surface area contributed by atoms with Crippen LogP contribution in [-0.4, -0.2) is 22.5 Å². The summed E-state index contributed by atoms with van der Waals surface area (Å²) in [6, 6.07) is 10.3. The molecule has 0 bridgehead atoms. The normalized spacial score (nSPS) is 16.2. The van der Waals surface area contributed by atoms with Crippen molar-refractivity contribution in [3.05, 3.63) is 83.0 Å². The molecule has 29 heavy (non-hydrogen) atoms. The first-order valence-corrected chi connectivity index (χ1v) is 9.11. The van der Waals surface area contributed by atoms with Crippen LogP contribution in [0, 0.1) is 17.5 Å². The van der Waals surface area contributed by atoms with Crippen molar-refractivity contribution in [1.29, 1.82) is 0 Å². The smallest absolute Gasteiger partial charge is 0.276 e. The zero-order chi connectivity index (χ0) is 20.4. The van der Waals surface area contributed by atoms with E-state index in [2.05, 4.69) is 5.16 Å². The van der Waals surface area contributed by atoms with Gasteiger partial charge in [0.1, 0.15) is 18.2 Å². The first-order valence-electron chi connectivity index (χ1n) is 9.11. The molecule has 1 unspecified atom stereocenters. The number of hydrogen-bond donors (Lipinski definition) is 0. The maximum Gasteiger partial charge on any atom is 0.276 e. The Bertz CT molecular complexity index is 1020. The van der Waals surface area contributed by atoms with Crippen molar-refractivity contribution in [2.45, 2.75) is 25.5 Å². The predicted molar refractivity (Wildman–Crippen MR) is 96.6 cm³/mol. The highest BCUT2D eigenvalue weighted by Crippen LogP contribution is 2.33. The maximum absolute atomic E-state index is 13.6. The molecular formula is C21H17F3N2O3. The number of nitrogens with zero attached hydrogens (tertiary/aromatic N) is 2. The largest absolute Gasteiger partial charge is 0.482 e. The third-order valence-electron chi connectivity index (χ3n) is 4.81. The fourth-order valence-corrected chi connectivity index (χ4v) is 3.41. The third-order valence-corrected chi connectivity index (χ3v) is 4.81. The van der Waals surface area contributed by atoms with Gasteiger partial charge >= 0.3 is 0 Å². The van der Waals surface area contributed by atoms with Gasteiger partial charge in [0.05, 0.1) is 6.04 Å². The van der Waals surface area contributed by atoms with Gasteiger partial charge in [-0.3, -0.25) is 4.79 Å². The van der Waals surface area contributed by atoms with Crippen LogP contribution in [0.25, 0.3) is 0 Å². The van der Waals surface area contributed by atoms with Crippen molar-refractivity contribution in [2.24, 2.45) is 0 Å². The lowest BCUT2D eigenvalue weighted by Crippen LogP contribution is -2.30. The SMILES string of the molecule is O=C(c1cc(COc2ccc(F)cc2F)on1)N1CCCC1c1ccc(F)cc1. The molecule has 0 radical (unpaired) electrons. The van der Waals surface area contributed by atoms with Gasteiger partial charge in [0, 0.05) is 18.7 Å². The number of carbonyl (C=O) groups is 1. The van der Waals surface area contributed by atoms with E-state index < -0.39 is 11.6 Å². The molecule has 8 heteroatoms. The van der Waals surface area contributed by atoms with Crippen LogP contribution in [0.1, 0.15) is 40.7 Å². The van der Waals surface area contributed by atoms with Crippen LogP contribution in [0.2, 0.25) is 0 Å². The van der Waals surface area contributed by atoms with E-state index in [9.17, 15) is 18.0 Å². The van der Waals surface area contributed by atoms with Crippen LogP contribution in [-0.2, 0) is 6.61 Å². The molecule has 0 N–H and O–H groups in total. The van der Waals surface area contributed by atoms with Gasteiger partial charge in [0.15, 0.2) is 23.0 Å². The standard InChI is InChI=1S/C21H17F3N2O3/c22-14-5-3-13(4-6-14)19-2-1-9-26(19)21(27)18-11-16(29-25-18)12-28-20-8-7-15(23)10-17(20)24/h3-8,10-11,19H,1-2,9,12H2. The van der Waals surface area contributed by atoms with Crippen LogP contribution in [0.4, 0.5) is 13.2 Å². The van der Waals surface area contributed by atoms with Gasteiger partial charge in [0.25, 0.3) is 5.91 Å². The van der Waals surface area contributed by atoms with E-state index >= 15 is 0 Å². The Morgan fingerprint density at radius 2 is 1.86 bits per heavy atom. The second-order valence-corrected chi connectivity index (χ2v) is 6.75. The minimum atomic E-state index is -0.833. The minimum Gasteiger partial charge on any atom is -0.482 e. The van der Waals surface area contributed by atoms with Crippen LogP contribution in [0.3, 0.4) is 0 Å². The summed E-state index contributed by atoms with van der Waals surface area (Å²) in [6.45, 7) is 0.393. The van der Waals surface area contributed by atoms with E-state index in [1.54, 1.807) is 17.0 Å². The van der Waals surface area contributed by atoms with Crippen LogP contribution in [0.5, 0.6) is 5.75 Å². The molecule has 3 aromatic rings. The monoisotopic (exact) mass is 402 g/mol. The summed E-state index contributed by atoms with van der Waals surface area (Å²) in [7, 11) is 0. The average molecular weight is 402 g/mol. The van der Waals surface area contributed by atoms with Crippen LogP contribution >= 0.6 is 0 Å². The van der Waals surface area contributed by atoms with Gasteiger partial charge in [-0.2, -0.15) is 0 Å². The van der Waals surface area contributed by atoms with Gasteiger partial charge in [-0.15, -0.1) is 0 Å². The fourth-order valence-electron chi connectivity index (χ4n) is 3.41. The van der Waals surface area contributed by atoms with E-state index in [0.717, 1.165) is 24.5 Å².